The molecule has 2 unspecified atom stereocenters. The zero-order valence-electron chi connectivity index (χ0n) is 11.4. The second-order valence-electron chi connectivity index (χ2n) is 4.87. The van der Waals surface area contributed by atoms with Crippen LogP contribution in [-0.4, -0.2) is 25.4 Å². The van der Waals surface area contributed by atoms with Gasteiger partial charge in [0.2, 0.25) is 0 Å². The summed E-state index contributed by atoms with van der Waals surface area (Å²) in [5.41, 5.74) is 0.888. The van der Waals surface area contributed by atoms with Crippen LogP contribution in [0.5, 0.6) is 5.75 Å². The second kappa shape index (κ2) is 7.31. The number of rotatable bonds is 6. The van der Waals surface area contributed by atoms with E-state index in [1.54, 1.807) is 7.11 Å². The van der Waals surface area contributed by atoms with E-state index < -0.39 is 6.10 Å². The zero-order chi connectivity index (χ0) is 13.5. The summed E-state index contributed by atoms with van der Waals surface area (Å²) >= 11 is 0. The molecule has 19 heavy (non-hydrogen) atoms. The maximum Gasteiger partial charge on any atom is 0.125 e. The van der Waals surface area contributed by atoms with Gasteiger partial charge >= 0.3 is 0 Å². The third-order valence-corrected chi connectivity index (χ3v) is 3.54. The molecular weight excluding hydrogens is 240 g/mol. The fourth-order valence-corrected chi connectivity index (χ4v) is 2.45. The third-order valence-electron chi connectivity index (χ3n) is 3.54. The Bertz CT molecular complexity index is 414. The molecule has 0 amide bonds. The van der Waals surface area contributed by atoms with E-state index in [1.165, 1.54) is 0 Å². The number of para-hydroxylation sites is 1. The Morgan fingerprint density at radius 2 is 2.11 bits per heavy atom. The van der Waals surface area contributed by atoms with Crippen LogP contribution in [0.25, 0.3) is 0 Å². The molecule has 1 aliphatic carbocycles. The maximum atomic E-state index is 10.5. The molecule has 0 saturated heterocycles. The van der Waals surface area contributed by atoms with Crippen LogP contribution in [0.2, 0.25) is 0 Å². The van der Waals surface area contributed by atoms with Crippen molar-refractivity contribution in [1.29, 1.82) is 0 Å². The van der Waals surface area contributed by atoms with Gasteiger partial charge in [-0.05, 0) is 31.2 Å². The number of methoxy groups -OCH3 is 1. The minimum Gasteiger partial charge on any atom is -0.491 e. The van der Waals surface area contributed by atoms with E-state index >= 15 is 0 Å². The highest BCUT2D eigenvalue weighted by atomic mass is 16.5. The van der Waals surface area contributed by atoms with Gasteiger partial charge < -0.3 is 14.6 Å². The monoisotopic (exact) mass is 262 g/mol. The molecule has 1 aromatic carbocycles. The number of allylic oxidation sites excluding steroid dienone is 2. The zero-order valence-corrected chi connectivity index (χ0v) is 11.4. The number of benzene rings is 1. The lowest BCUT2D eigenvalue weighted by atomic mass is 9.86. The van der Waals surface area contributed by atoms with Gasteiger partial charge in [0.05, 0.1) is 12.7 Å². The first-order valence-corrected chi connectivity index (χ1v) is 6.86. The van der Waals surface area contributed by atoms with Gasteiger partial charge in [-0.1, -0.05) is 30.4 Å². The van der Waals surface area contributed by atoms with Crippen LogP contribution in [0.15, 0.2) is 36.4 Å². The van der Waals surface area contributed by atoms with E-state index in [2.05, 4.69) is 12.2 Å². The van der Waals surface area contributed by atoms with Crippen LogP contribution in [0.1, 0.15) is 30.9 Å². The van der Waals surface area contributed by atoms with Crippen molar-refractivity contribution in [2.24, 2.45) is 5.92 Å². The SMILES string of the molecule is COCCOc1ccccc1C(O)C1CC=CCC1. The minimum atomic E-state index is -0.455. The predicted molar refractivity (Wildman–Crippen MR) is 75.3 cm³/mol. The fourth-order valence-electron chi connectivity index (χ4n) is 2.45. The lowest BCUT2D eigenvalue weighted by molar-refractivity contribution is 0.0956. The standard InChI is InChI=1S/C16H22O3/c1-18-11-12-19-15-10-6-5-9-14(15)16(17)13-7-3-2-4-8-13/h2-3,5-6,9-10,13,16-17H,4,7-8,11-12H2,1H3. The van der Waals surface area contributed by atoms with Crippen molar-refractivity contribution in [3.63, 3.8) is 0 Å². The second-order valence-corrected chi connectivity index (χ2v) is 4.87. The largest absolute Gasteiger partial charge is 0.491 e. The molecule has 3 heteroatoms. The molecule has 104 valence electrons. The molecule has 0 fully saturated rings. The molecule has 1 N–H and O–H groups in total. The molecule has 0 bridgehead atoms. The van der Waals surface area contributed by atoms with Crippen LogP contribution in [-0.2, 0) is 4.74 Å². The molecule has 1 aromatic rings. The van der Waals surface area contributed by atoms with Crippen LogP contribution in [0.4, 0.5) is 0 Å². The van der Waals surface area contributed by atoms with Crippen molar-refractivity contribution in [3.8, 4) is 5.75 Å². The van der Waals surface area contributed by atoms with E-state index in [9.17, 15) is 5.11 Å². The van der Waals surface area contributed by atoms with Crippen molar-refractivity contribution in [2.75, 3.05) is 20.3 Å². The van der Waals surface area contributed by atoms with Gasteiger partial charge in [-0.15, -0.1) is 0 Å². The van der Waals surface area contributed by atoms with Gasteiger partial charge in [0.25, 0.3) is 0 Å². The summed E-state index contributed by atoms with van der Waals surface area (Å²) in [5, 5.41) is 10.5. The molecule has 2 atom stereocenters. The topological polar surface area (TPSA) is 38.7 Å². The van der Waals surface area contributed by atoms with E-state index in [0.29, 0.717) is 13.2 Å². The minimum absolute atomic E-state index is 0.289. The summed E-state index contributed by atoms with van der Waals surface area (Å²) < 4.78 is 10.7. The summed E-state index contributed by atoms with van der Waals surface area (Å²) in [6, 6.07) is 7.73. The molecule has 3 nitrogen and oxygen atoms in total. The number of hydrogen-bond acceptors (Lipinski definition) is 3. The average molecular weight is 262 g/mol. The third kappa shape index (κ3) is 3.82. The van der Waals surface area contributed by atoms with Crippen LogP contribution >= 0.6 is 0 Å². The lowest BCUT2D eigenvalue weighted by Crippen LogP contribution is -2.15. The summed E-state index contributed by atoms with van der Waals surface area (Å²) in [7, 11) is 1.65. The lowest BCUT2D eigenvalue weighted by Gasteiger charge is -2.25. The molecular formula is C16H22O3. The Kier molecular flexibility index (Phi) is 5.43. The Morgan fingerprint density at radius 3 is 2.84 bits per heavy atom. The van der Waals surface area contributed by atoms with E-state index in [1.807, 2.05) is 24.3 Å². The van der Waals surface area contributed by atoms with Crippen molar-refractivity contribution >= 4 is 0 Å². The highest BCUT2D eigenvalue weighted by Gasteiger charge is 2.23. The average Bonchev–Trinajstić information content (AvgIpc) is 2.48. The number of aliphatic hydroxyl groups is 1. The van der Waals surface area contributed by atoms with Crippen LogP contribution in [0, 0.1) is 5.92 Å². The predicted octanol–water partition coefficient (Wildman–Crippen LogP) is 3.10. The Balaban J connectivity index is 2.07. The number of ether oxygens (including phenoxy) is 2. The van der Waals surface area contributed by atoms with Gasteiger partial charge in [-0.25, -0.2) is 0 Å². The maximum absolute atomic E-state index is 10.5. The Morgan fingerprint density at radius 1 is 1.26 bits per heavy atom. The molecule has 0 spiro atoms. The van der Waals surface area contributed by atoms with Crippen molar-refractivity contribution in [3.05, 3.63) is 42.0 Å². The van der Waals surface area contributed by atoms with Crippen molar-refractivity contribution in [2.45, 2.75) is 25.4 Å². The van der Waals surface area contributed by atoms with E-state index in [4.69, 9.17) is 9.47 Å². The molecule has 0 radical (unpaired) electrons. The summed E-state index contributed by atoms with van der Waals surface area (Å²) in [4.78, 5) is 0. The van der Waals surface area contributed by atoms with E-state index in [-0.39, 0.29) is 5.92 Å². The Hall–Kier alpha value is -1.32. The number of hydrogen-bond donors (Lipinski definition) is 1. The first-order valence-electron chi connectivity index (χ1n) is 6.86. The van der Waals surface area contributed by atoms with Crippen LogP contribution < -0.4 is 4.74 Å². The van der Waals surface area contributed by atoms with Crippen molar-refractivity contribution < 1.29 is 14.6 Å². The molecule has 0 aliphatic heterocycles. The highest BCUT2D eigenvalue weighted by Crippen LogP contribution is 2.35. The summed E-state index contributed by atoms with van der Waals surface area (Å²) in [6.45, 7) is 1.06. The quantitative estimate of drug-likeness (QED) is 0.632. The first-order chi connectivity index (χ1) is 9.33. The molecule has 0 heterocycles. The summed E-state index contributed by atoms with van der Waals surface area (Å²) in [6.07, 6.45) is 6.91. The number of aliphatic hydroxyl groups excluding tert-OH is 1. The highest BCUT2D eigenvalue weighted by molar-refractivity contribution is 5.35. The molecule has 0 saturated carbocycles. The normalized spacial score (nSPS) is 20.2. The van der Waals surface area contributed by atoms with Gasteiger partial charge in [0, 0.05) is 12.7 Å². The molecule has 1 aliphatic rings. The molecule has 2 rings (SSSR count). The summed E-state index contributed by atoms with van der Waals surface area (Å²) in [5.74, 6) is 1.05. The van der Waals surface area contributed by atoms with Gasteiger partial charge in [0.1, 0.15) is 12.4 Å². The van der Waals surface area contributed by atoms with Crippen molar-refractivity contribution in [1.82, 2.24) is 0 Å². The van der Waals surface area contributed by atoms with Gasteiger partial charge in [-0.2, -0.15) is 0 Å². The van der Waals surface area contributed by atoms with E-state index in [0.717, 1.165) is 30.6 Å². The van der Waals surface area contributed by atoms with Gasteiger partial charge in [-0.3, -0.25) is 0 Å². The van der Waals surface area contributed by atoms with Gasteiger partial charge in [0.15, 0.2) is 0 Å². The first kappa shape index (κ1) is 14.1. The smallest absolute Gasteiger partial charge is 0.125 e. The molecule has 0 aromatic heterocycles. The Labute approximate surface area is 114 Å². The van der Waals surface area contributed by atoms with Crippen LogP contribution in [0.3, 0.4) is 0 Å². The fraction of sp³-hybridized carbons (Fsp3) is 0.500.